The van der Waals surface area contributed by atoms with Crippen molar-refractivity contribution < 1.29 is 4.79 Å². The van der Waals surface area contributed by atoms with Gasteiger partial charge in [0.25, 0.3) is 0 Å². The second-order valence-electron chi connectivity index (χ2n) is 2.41. The number of hydrogen-bond donors (Lipinski definition) is 0. The third-order valence-corrected chi connectivity index (χ3v) is 1.93. The molecule has 0 spiro atoms. The Labute approximate surface area is 73.6 Å². The number of aromatic nitrogens is 2. The van der Waals surface area contributed by atoms with Crippen LogP contribution in [0.2, 0.25) is 5.15 Å². The Bertz CT molecular complexity index is 436. The van der Waals surface area contributed by atoms with Gasteiger partial charge in [-0.1, -0.05) is 11.6 Å². The summed E-state index contributed by atoms with van der Waals surface area (Å²) in [4.78, 5) is 14.3. The predicted octanol–water partition coefficient (Wildman–Crippen LogP) is 1.80. The lowest BCUT2D eigenvalue weighted by Crippen LogP contribution is -1.85. The molecule has 0 saturated carbocycles. The molecule has 0 radical (unpaired) electrons. The largest absolute Gasteiger partial charge is 0.304 e. The minimum atomic E-state index is 0.451. The van der Waals surface area contributed by atoms with E-state index in [9.17, 15) is 4.79 Å². The molecule has 0 fully saturated rings. The minimum absolute atomic E-state index is 0.451. The maximum absolute atomic E-state index is 10.4. The maximum Gasteiger partial charge on any atom is 0.154 e. The lowest BCUT2D eigenvalue weighted by atomic mass is 10.3. The van der Waals surface area contributed by atoms with E-state index in [1.54, 1.807) is 29.1 Å². The van der Waals surface area contributed by atoms with Crippen LogP contribution in [0.3, 0.4) is 0 Å². The summed E-state index contributed by atoms with van der Waals surface area (Å²) in [6.07, 6.45) is 4.04. The predicted molar refractivity (Wildman–Crippen MR) is 45.6 cm³/mol. The molecule has 2 aromatic heterocycles. The lowest BCUT2D eigenvalue weighted by molar-refractivity contribution is 0.112. The van der Waals surface area contributed by atoms with Crippen LogP contribution < -0.4 is 0 Å². The van der Waals surface area contributed by atoms with E-state index >= 15 is 0 Å². The topological polar surface area (TPSA) is 34.4 Å². The molecule has 0 aliphatic heterocycles. The molecule has 2 rings (SSSR count). The van der Waals surface area contributed by atoms with E-state index in [0.29, 0.717) is 10.7 Å². The highest BCUT2D eigenvalue weighted by atomic mass is 35.5. The Morgan fingerprint density at radius 2 is 2.33 bits per heavy atom. The number of pyridine rings is 1. The number of carbonyl (C=O) groups excluding carboxylic acids is 1. The molecule has 2 aromatic rings. The third kappa shape index (κ3) is 0.987. The van der Waals surface area contributed by atoms with Gasteiger partial charge in [0.1, 0.15) is 6.33 Å². The van der Waals surface area contributed by atoms with Gasteiger partial charge in [-0.2, -0.15) is 0 Å². The van der Waals surface area contributed by atoms with Gasteiger partial charge in [-0.25, -0.2) is 4.98 Å². The number of imidazole rings is 1. The van der Waals surface area contributed by atoms with Crippen LogP contribution in [0.25, 0.3) is 5.52 Å². The lowest BCUT2D eigenvalue weighted by Gasteiger charge is -1.93. The van der Waals surface area contributed by atoms with Gasteiger partial charge in [-0.15, -0.1) is 0 Å². The first-order chi connectivity index (χ1) is 5.81. The van der Waals surface area contributed by atoms with E-state index < -0.39 is 0 Å². The molecule has 12 heavy (non-hydrogen) atoms. The van der Waals surface area contributed by atoms with Gasteiger partial charge in [0.15, 0.2) is 11.4 Å². The van der Waals surface area contributed by atoms with Crippen molar-refractivity contribution in [3.63, 3.8) is 0 Å². The van der Waals surface area contributed by atoms with Gasteiger partial charge in [-0.3, -0.25) is 4.79 Å². The molecule has 0 unspecified atom stereocenters. The van der Waals surface area contributed by atoms with Crippen molar-refractivity contribution in [1.29, 1.82) is 0 Å². The van der Waals surface area contributed by atoms with Gasteiger partial charge in [0.2, 0.25) is 0 Å². The van der Waals surface area contributed by atoms with Gasteiger partial charge in [0, 0.05) is 11.8 Å². The molecule has 0 aliphatic carbocycles. The molecule has 0 amide bonds. The Balaban J connectivity index is 2.77. The van der Waals surface area contributed by atoms with E-state index in [4.69, 9.17) is 11.6 Å². The van der Waals surface area contributed by atoms with Crippen molar-refractivity contribution in [3.05, 3.63) is 35.4 Å². The van der Waals surface area contributed by atoms with E-state index in [1.807, 2.05) is 0 Å². The summed E-state index contributed by atoms with van der Waals surface area (Å²) < 4.78 is 1.71. The Hall–Kier alpha value is -1.35. The average molecular weight is 181 g/mol. The fourth-order valence-corrected chi connectivity index (χ4v) is 1.26. The number of hydrogen-bond acceptors (Lipinski definition) is 2. The molecule has 0 atom stereocenters. The molecular formula is C8H5ClN2O. The Morgan fingerprint density at radius 3 is 3.08 bits per heavy atom. The van der Waals surface area contributed by atoms with Crippen molar-refractivity contribution >= 4 is 23.4 Å². The highest BCUT2D eigenvalue weighted by Gasteiger charge is 2.00. The smallest absolute Gasteiger partial charge is 0.154 e. The quantitative estimate of drug-likeness (QED) is 0.628. The summed E-state index contributed by atoms with van der Waals surface area (Å²) in [5.41, 5.74) is 1.42. The summed E-state index contributed by atoms with van der Waals surface area (Å²) in [6.45, 7) is 0. The fourth-order valence-electron chi connectivity index (χ4n) is 1.05. The number of aldehydes is 1. The van der Waals surface area contributed by atoms with E-state index in [-0.39, 0.29) is 0 Å². The highest BCUT2D eigenvalue weighted by Crippen LogP contribution is 2.14. The first-order valence-corrected chi connectivity index (χ1v) is 3.76. The Morgan fingerprint density at radius 1 is 1.50 bits per heavy atom. The van der Waals surface area contributed by atoms with Crippen molar-refractivity contribution in [3.8, 4) is 0 Å². The van der Waals surface area contributed by atoms with E-state index in [2.05, 4.69) is 4.98 Å². The summed E-state index contributed by atoms with van der Waals surface area (Å²) in [7, 11) is 0. The molecule has 3 nitrogen and oxygen atoms in total. The number of rotatable bonds is 1. The second kappa shape index (κ2) is 2.60. The van der Waals surface area contributed by atoms with E-state index in [1.165, 1.54) is 0 Å². The van der Waals surface area contributed by atoms with Crippen LogP contribution >= 0.6 is 11.6 Å². The standard InChI is InChI=1S/C8H5ClN2O/c9-8-7-2-1-6(4-12)3-11(7)5-10-8/h1-5H. The summed E-state index contributed by atoms with van der Waals surface area (Å²) in [5.74, 6) is 0. The van der Waals surface area contributed by atoms with Crippen LogP contribution in [-0.4, -0.2) is 15.7 Å². The normalized spacial score (nSPS) is 10.4. The van der Waals surface area contributed by atoms with Crippen molar-refractivity contribution in [2.45, 2.75) is 0 Å². The second-order valence-corrected chi connectivity index (χ2v) is 2.77. The molecule has 0 aromatic carbocycles. The van der Waals surface area contributed by atoms with Gasteiger partial charge in [0.05, 0.1) is 5.52 Å². The third-order valence-electron chi connectivity index (χ3n) is 1.64. The average Bonchev–Trinajstić information content (AvgIpc) is 2.47. The summed E-state index contributed by atoms with van der Waals surface area (Å²) in [6, 6.07) is 3.47. The van der Waals surface area contributed by atoms with Gasteiger partial charge >= 0.3 is 0 Å². The number of nitrogens with zero attached hydrogens (tertiary/aromatic N) is 2. The minimum Gasteiger partial charge on any atom is -0.304 e. The molecule has 4 heteroatoms. The number of fused-ring (bicyclic) bond motifs is 1. The molecule has 0 aliphatic rings. The first-order valence-electron chi connectivity index (χ1n) is 3.38. The molecule has 0 bridgehead atoms. The van der Waals surface area contributed by atoms with E-state index in [0.717, 1.165) is 11.8 Å². The summed E-state index contributed by atoms with van der Waals surface area (Å²) >= 11 is 5.75. The Kier molecular flexibility index (Phi) is 1.59. The zero-order chi connectivity index (χ0) is 8.55. The SMILES string of the molecule is O=Cc1ccc2c(Cl)ncn2c1. The first kappa shape index (κ1) is 7.31. The highest BCUT2D eigenvalue weighted by molar-refractivity contribution is 6.32. The van der Waals surface area contributed by atoms with Crippen LogP contribution in [0.1, 0.15) is 10.4 Å². The molecule has 2 heterocycles. The summed E-state index contributed by atoms with van der Waals surface area (Å²) in [5, 5.41) is 0.451. The van der Waals surface area contributed by atoms with Crippen molar-refractivity contribution in [1.82, 2.24) is 9.38 Å². The zero-order valence-corrected chi connectivity index (χ0v) is 6.82. The maximum atomic E-state index is 10.4. The van der Waals surface area contributed by atoms with Crippen LogP contribution in [0.15, 0.2) is 24.7 Å². The van der Waals surface area contributed by atoms with Crippen LogP contribution in [0.4, 0.5) is 0 Å². The zero-order valence-electron chi connectivity index (χ0n) is 6.07. The van der Waals surface area contributed by atoms with Crippen LogP contribution in [0.5, 0.6) is 0 Å². The molecule has 0 saturated heterocycles. The fraction of sp³-hybridized carbons (Fsp3) is 0. The monoisotopic (exact) mass is 180 g/mol. The van der Waals surface area contributed by atoms with Crippen LogP contribution in [-0.2, 0) is 0 Å². The van der Waals surface area contributed by atoms with Gasteiger partial charge in [-0.05, 0) is 12.1 Å². The number of halogens is 1. The molecule has 60 valence electrons. The van der Waals surface area contributed by atoms with Crippen molar-refractivity contribution in [2.75, 3.05) is 0 Å². The number of carbonyl (C=O) groups is 1. The molecule has 0 N–H and O–H groups in total. The molecular weight excluding hydrogens is 176 g/mol. The van der Waals surface area contributed by atoms with Gasteiger partial charge < -0.3 is 4.40 Å². The van der Waals surface area contributed by atoms with Crippen LogP contribution in [0, 0.1) is 0 Å². The van der Waals surface area contributed by atoms with Crippen molar-refractivity contribution in [2.24, 2.45) is 0 Å².